The van der Waals surface area contributed by atoms with E-state index in [9.17, 15) is 23.5 Å². The zero-order chi connectivity index (χ0) is 23.6. The molecule has 8 nitrogen and oxygen atoms in total. The molecular formula is C22H33F2N3O5. The van der Waals surface area contributed by atoms with Crippen molar-refractivity contribution in [3.05, 3.63) is 35.4 Å². The van der Waals surface area contributed by atoms with E-state index in [0.717, 1.165) is 31.9 Å². The van der Waals surface area contributed by atoms with E-state index in [1.165, 1.54) is 31.7 Å². The van der Waals surface area contributed by atoms with Gasteiger partial charge >= 0.3 is 11.6 Å². The number of rotatable bonds is 14. The van der Waals surface area contributed by atoms with E-state index in [0.29, 0.717) is 11.0 Å². The molecule has 1 saturated heterocycles. The molecule has 1 amide bonds. The molecule has 3 N–H and O–H groups in total. The number of nitrogens with one attached hydrogen (secondary N) is 1. The molecule has 0 aromatic carbocycles. The smallest absolute Gasteiger partial charge is 0.351 e. The fraction of sp³-hybridized carbons (Fsp3) is 0.682. The van der Waals surface area contributed by atoms with Gasteiger partial charge in [0.1, 0.15) is 11.9 Å². The number of ether oxygens (including phenoxy) is 1. The van der Waals surface area contributed by atoms with Gasteiger partial charge < -0.3 is 20.3 Å². The molecule has 3 atom stereocenters. The minimum absolute atomic E-state index is 0.0451. The van der Waals surface area contributed by atoms with Gasteiger partial charge in [-0.05, 0) is 25.3 Å². The molecule has 1 aromatic heterocycles. The number of aliphatic hydroxyl groups excluding tert-OH is 2. The summed E-state index contributed by atoms with van der Waals surface area (Å²) in [5.41, 5.74) is -1.06. The third-order valence-electron chi connectivity index (χ3n) is 5.47. The maximum absolute atomic E-state index is 14.2. The van der Waals surface area contributed by atoms with Crippen LogP contribution in [0.25, 0.3) is 0 Å². The minimum Gasteiger partial charge on any atom is -0.394 e. The van der Waals surface area contributed by atoms with Crippen LogP contribution in [0.1, 0.15) is 70.4 Å². The molecule has 1 aliphatic heterocycles. The average Bonchev–Trinajstić information content (AvgIpc) is 2.98. The first-order valence-electron chi connectivity index (χ1n) is 11.1. The standard InChI is InChI=1S/C22H33F2N3O5/c1-2-3-4-5-6-7-8-9-10-11-12-18(29)25-17-13-14-27(21(31)26-17)20-22(23,24)19(30)16(15-28)32-20/h2,13-14,16,19-20,28,30H,1,3-12,15H2,(H,25,26,29,31)/t16-,19-,20-/m0/s1. The summed E-state index contributed by atoms with van der Waals surface area (Å²) in [6.45, 7) is 2.88. The number of anilines is 1. The van der Waals surface area contributed by atoms with Crippen molar-refractivity contribution in [3.63, 3.8) is 0 Å². The first kappa shape index (κ1) is 26.1. The van der Waals surface area contributed by atoms with E-state index < -0.39 is 36.7 Å². The van der Waals surface area contributed by atoms with Gasteiger partial charge in [-0.15, -0.1) is 6.58 Å². The lowest BCUT2D eigenvalue weighted by molar-refractivity contribution is -0.141. The molecule has 2 rings (SSSR count). The highest BCUT2D eigenvalue weighted by Crippen LogP contribution is 2.41. The second-order valence-electron chi connectivity index (χ2n) is 8.04. The van der Waals surface area contributed by atoms with Gasteiger partial charge in [0, 0.05) is 12.6 Å². The van der Waals surface area contributed by atoms with Crippen LogP contribution >= 0.6 is 0 Å². The summed E-state index contributed by atoms with van der Waals surface area (Å²) >= 11 is 0. The molecule has 0 unspecified atom stereocenters. The molecule has 1 fully saturated rings. The van der Waals surface area contributed by atoms with Crippen molar-refractivity contribution in [2.45, 2.75) is 88.6 Å². The molecule has 10 heteroatoms. The molecule has 0 spiro atoms. The Morgan fingerprint density at radius 2 is 1.84 bits per heavy atom. The highest BCUT2D eigenvalue weighted by atomic mass is 19.3. The zero-order valence-corrected chi connectivity index (χ0v) is 18.2. The number of allylic oxidation sites excluding steroid dienone is 1. The maximum atomic E-state index is 14.2. The summed E-state index contributed by atoms with van der Waals surface area (Å²) in [5.74, 6) is -4.14. The lowest BCUT2D eigenvalue weighted by atomic mass is 10.1. The molecule has 0 radical (unpaired) electrons. The number of nitrogens with zero attached hydrogens (tertiary/aromatic N) is 2. The molecule has 1 aromatic rings. The van der Waals surface area contributed by atoms with Gasteiger partial charge in [0.25, 0.3) is 0 Å². The van der Waals surface area contributed by atoms with Crippen LogP contribution < -0.4 is 11.0 Å². The SMILES string of the molecule is C=CCCCCCCCCCCC(=O)Nc1ccn([C@H]2O[C@@H](CO)[C@H](O)C2(F)F)c(=O)n1. The Hall–Kier alpha value is -2.17. The van der Waals surface area contributed by atoms with Gasteiger partial charge in [-0.25, -0.2) is 4.79 Å². The Balaban J connectivity index is 1.74. The van der Waals surface area contributed by atoms with Crippen molar-refractivity contribution in [2.24, 2.45) is 0 Å². The van der Waals surface area contributed by atoms with Gasteiger partial charge in [-0.3, -0.25) is 9.36 Å². The average molecular weight is 458 g/mol. The van der Waals surface area contributed by atoms with E-state index in [4.69, 9.17) is 9.84 Å². The molecule has 0 bridgehead atoms. The van der Waals surface area contributed by atoms with E-state index in [1.807, 2.05) is 6.08 Å². The summed E-state index contributed by atoms with van der Waals surface area (Å²) in [7, 11) is 0. The number of halogens is 2. The van der Waals surface area contributed by atoms with Crippen molar-refractivity contribution in [1.29, 1.82) is 0 Å². The van der Waals surface area contributed by atoms with Crippen LogP contribution in [0.5, 0.6) is 0 Å². The quantitative estimate of drug-likeness (QED) is 0.292. The van der Waals surface area contributed by atoms with Crippen LogP contribution in [0.4, 0.5) is 14.6 Å². The van der Waals surface area contributed by atoms with Crippen molar-refractivity contribution in [1.82, 2.24) is 9.55 Å². The predicted molar refractivity (Wildman–Crippen MR) is 115 cm³/mol. The molecule has 0 saturated carbocycles. The van der Waals surface area contributed by atoms with E-state index >= 15 is 0 Å². The third kappa shape index (κ3) is 7.18. The van der Waals surface area contributed by atoms with Crippen molar-refractivity contribution < 1.29 is 28.5 Å². The number of carbonyl (C=O) groups excluding carboxylic acids is 1. The van der Waals surface area contributed by atoms with Gasteiger partial charge in [-0.1, -0.05) is 44.6 Å². The van der Waals surface area contributed by atoms with Crippen molar-refractivity contribution in [2.75, 3.05) is 11.9 Å². The number of aromatic nitrogens is 2. The van der Waals surface area contributed by atoms with E-state index in [1.54, 1.807) is 0 Å². The molecule has 2 heterocycles. The lowest BCUT2D eigenvalue weighted by Gasteiger charge is -2.21. The van der Waals surface area contributed by atoms with Crippen molar-refractivity contribution in [3.8, 4) is 0 Å². The number of alkyl halides is 2. The Bertz CT molecular complexity index is 802. The Labute approximate surface area is 186 Å². The molecule has 32 heavy (non-hydrogen) atoms. The van der Waals surface area contributed by atoms with Gasteiger partial charge in [0.05, 0.1) is 6.61 Å². The van der Waals surface area contributed by atoms with Gasteiger partial charge in [-0.2, -0.15) is 13.8 Å². The first-order valence-corrected chi connectivity index (χ1v) is 11.1. The predicted octanol–water partition coefficient (Wildman–Crippen LogP) is 3.15. The van der Waals surface area contributed by atoms with Crippen molar-refractivity contribution >= 4 is 11.7 Å². The normalized spacial score (nSPS) is 22.1. The van der Waals surface area contributed by atoms with Crippen LogP contribution in [0.3, 0.4) is 0 Å². The summed E-state index contributed by atoms with van der Waals surface area (Å²) in [6, 6.07) is 1.21. The minimum atomic E-state index is -3.78. The fourth-order valence-corrected chi connectivity index (χ4v) is 3.62. The molecule has 180 valence electrons. The van der Waals surface area contributed by atoms with Crippen LogP contribution in [0, 0.1) is 0 Å². The van der Waals surface area contributed by atoms with E-state index in [2.05, 4.69) is 16.9 Å². The number of hydrogen-bond donors (Lipinski definition) is 3. The van der Waals surface area contributed by atoms with Crippen LogP contribution in [-0.2, 0) is 9.53 Å². The monoisotopic (exact) mass is 457 g/mol. The summed E-state index contributed by atoms with van der Waals surface area (Å²) in [4.78, 5) is 27.8. The summed E-state index contributed by atoms with van der Waals surface area (Å²) in [5, 5.41) is 21.1. The molecular weight excluding hydrogens is 424 g/mol. The van der Waals surface area contributed by atoms with Crippen LogP contribution in [0.15, 0.2) is 29.7 Å². The second-order valence-corrected chi connectivity index (χ2v) is 8.04. The second kappa shape index (κ2) is 12.8. The topological polar surface area (TPSA) is 114 Å². The molecule has 1 aliphatic rings. The van der Waals surface area contributed by atoms with E-state index in [-0.39, 0.29) is 18.1 Å². The maximum Gasteiger partial charge on any atom is 0.351 e. The number of hydrogen-bond acceptors (Lipinski definition) is 6. The Morgan fingerprint density at radius 1 is 1.22 bits per heavy atom. The Kier molecular flexibility index (Phi) is 10.4. The molecule has 0 aliphatic carbocycles. The fourth-order valence-electron chi connectivity index (χ4n) is 3.62. The first-order chi connectivity index (χ1) is 15.3. The highest BCUT2D eigenvalue weighted by Gasteiger charge is 2.59. The van der Waals surface area contributed by atoms with Crippen LogP contribution in [-0.4, -0.2) is 50.4 Å². The lowest BCUT2D eigenvalue weighted by Crippen LogP contribution is -2.41. The highest BCUT2D eigenvalue weighted by molar-refractivity contribution is 5.89. The number of unbranched alkanes of at least 4 members (excludes halogenated alkanes) is 8. The van der Waals surface area contributed by atoms with Crippen LogP contribution in [0.2, 0.25) is 0 Å². The van der Waals surface area contributed by atoms with Gasteiger partial charge in [0.15, 0.2) is 6.10 Å². The number of amides is 1. The zero-order valence-electron chi connectivity index (χ0n) is 18.2. The Morgan fingerprint density at radius 3 is 2.41 bits per heavy atom. The number of carbonyl (C=O) groups is 1. The third-order valence-corrected chi connectivity index (χ3v) is 5.47. The largest absolute Gasteiger partial charge is 0.394 e. The number of aliphatic hydroxyl groups is 2. The summed E-state index contributed by atoms with van der Waals surface area (Å²) in [6.07, 6.45) is 7.06. The summed E-state index contributed by atoms with van der Waals surface area (Å²) < 4.78 is 33.8. The van der Waals surface area contributed by atoms with Gasteiger partial charge in [0.2, 0.25) is 12.1 Å².